The topological polar surface area (TPSA) is 42.4 Å². The minimum atomic E-state index is -0.0936. The van der Waals surface area contributed by atoms with E-state index in [-0.39, 0.29) is 11.9 Å². The molecule has 0 aliphatic rings. The Morgan fingerprint density at radius 3 is 2.79 bits per heavy atom. The molecule has 0 saturated heterocycles. The number of nitrogens with zero attached hydrogens (tertiary/aromatic N) is 2. The van der Waals surface area contributed by atoms with Crippen molar-refractivity contribution in [1.82, 2.24) is 9.88 Å². The van der Waals surface area contributed by atoms with E-state index < -0.39 is 0 Å². The molecule has 1 amide bonds. The second-order valence-electron chi connectivity index (χ2n) is 4.55. The number of aryl methyl sites for hydroxylation is 1. The standard InChI is InChI=1S/C14H21ClN2O2/c1-5-11(3)17(6-7-19-4)14(18)12-9-16-10(2)8-13(12)15/h8-9,11H,5-7H2,1-4H3. The van der Waals surface area contributed by atoms with Crippen LogP contribution in [-0.4, -0.2) is 42.1 Å². The van der Waals surface area contributed by atoms with Crippen molar-refractivity contribution in [3.8, 4) is 0 Å². The molecule has 19 heavy (non-hydrogen) atoms. The summed E-state index contributed by atoms with van der Waals surface area (Å²) in [6.45, 7) is 6.97. The Bertz CT molecular complexity index is 437. The fraction of sp³-hybridized carbons (Fsp3) is 0.571. The maximum atomic E-state index is 12.5. The van der Waals surface area contributed by atoms with Crippen LogP contribution < -0.4 is 0 Å². The van der Waals surface area contributed by atoms with Crippen molar-refractivity contribution < 1.29 is 9.53 Å². The summed E-state index contributed by atoms with van der Waals surface area (Å²) in [5.41, 5.74) is 1.25. The molecule has 0 fully saturated rings. The lowest BCUT2D eigenvalue weighted by Gasteiger charge is -2.28. The summed E-state index contributed by atoms with van der Waals surface area (Å²) in [5, 5.41) is 0.447. The highest BCUT2D eigenvalue weighted by Gasteiger charge is 2.22. The van der Waals surface area contributed by atoms with Gasteiger partial charge in [0, 0.05) is 31.6 Å². The maximum absolute atomic E-state index is 12.5. The van der Waals surface area contributed by atoms with Gasteiger partial charge in [0.25, 0.3) is 5.91 Å². The van der Waals surface area contributed by atoms with Crippen molar-refractivity contribution in [2.45, 2.75) is 33.2 Å². The number of aromatic nitrogens is 1. The van der Waals surface area contributed by atoms with Crippen LogP contribution in [0.3, 0.4) is 0 Å². The molecule has 1 atom stereocenters. The number of halogens is 1. The molecule has 0 radical (unpaired) electrons. The van der Waals surface area contributed by atoms with Crippen molar-refractivity contribution in [3.05, 3.63) is 28.5 Å². The molecular formula is C14H21ClN2O2. The number of ether oxygens (including phenoxy) is 1. The molecule has 4 nitrogen and oxygen atoms in total. The second-order valence-corrected chi connectivity index (χ2v) is 4.96. The molecule has 106 valence electrons. The van der Waals surface area contributed by atoms with Crippen molar-refractivity contribution in [2.75, 3.05) is 20.3 Å². The van der Waals surface area contributed by atoms with Crippen LogP contribution in [0.4, 0.5) is 0 Å². The van der Waals surface area contributed by atoms with Gasteiger partial charge in [0.2, 0.25) is 0 Å². The second kappa shape index (κ2) is 7.46. The molecule has 0 N–H and O–H groups in total. The van der Waals surface area contributed by atoms with E-state index in [0.29, 0.717) is 23.7 Å². The summed E-state index contributed by atoms with van der Waals surface area (Å²) in [5.74, 6) is -0.0936. The monoisotopic (exact) mass is 284 g/mol. The number of hydrogen-bond acceptors (Lipinski definition) is 3. The Labute approximate surface area is 119 Å². The van der Waals surface area contributed by atoms with E-state index in [1.165, 1.54) is 0 Å². The largest absolute Gasteiger partial charge is 0.383 e. The van der Waals surface area contributed by atoms with E-state index in [1.54, 1.807) is 24.3 Å². The molecule has 0 aliphatic carbocycles. The van der Waals surface area contributed by atoms with Gasteiger partial charge in [-0.1, -0.05) is 18.5 Å². The fourth-order valence-corrected chi connectivity index (χ4v) is 2.06. The zero-order chi connectivity index (χ0) is 14.4. The molecular weight excluding hydrogens is 264 g/mol. The van der Waals surface area contributed by atoms with Crippen LogP contribution in [0.25, 0.3) is 0 Å². The zero-order valence-corrected chi connectivity index (χ0v) is 12.7. The van der Waals surface area contributed by atoms with Gasteiger partial charge >= 0.3 is 0 Å². The van der Waals surface area contributed by atoms with E-state index >= 15 is 0 Å². The van der Waals surface area contributed by atoms with Crippen LogP contribution in [0.2, 0.25) is 5.02 Å². The Morgan fingerprint density at radius 2 is 2.26 bits per heavy atom. The van der Waals surface area contributed by atoms with E-state index in [1.807, 2.05) is 20.8 Å². The van der Waals surface area contributed by atoms with Crippen LogP contribution in [0, 0.1) is 6.92 Å². The van der Waals surface area contributed by atoms with Gasteiger partial charge in [0.05, 0.1) is 17.2 Å². The van der Waals surface area contributed by atoms with Gasteiger partial charge in [-0.3, -0.25) is 9.78 Å². The average molecular weight is 285 g/mol. The molecule has 1 aromatic rings. The third kappa shape index (κ3) is 4.18. The van der Waals surface area contributed by atoms with Crippen LogP contribution >= 0.6 is 11.6 Å². The highest BCUT2D eigenvalue weighted by molar-refractivity contribution is 6.33. The molecule has 0 aromatic carbocycles. The smallest absolute Gasteiger partial charge is 0.257 e. The Kier molecular flexibility index (Phi) is 6.25. The predicted octanol–water partition coefficient (Wildman–Crippen LogP) is 2.93. The molecule has 1 heterocycles. The third-order valence-corrected chi connectivity index (χ3v) is 3.45. The van der Waals surface area contributed by atoms with Gasteiger partial charge in [-0.25, -0.2) is 0 Å². The Hall–Kier alpha value is -1.13. The highest BCUT2D eigenvalue weighted by atomic mass is 35.5. The molecule has 0 spiro atoms. The summed E-state index contributed by atoms with van der Waals surface area (Å²) >= 11 is 6.13. The van der Waals surface area contributed by atoms with Gasteiger partial charge in [-0.05, 0) is 26.3 Å². The molecule has 0 bridgehead atoms. The molecule has 0 saturated carbocycles. The van der Waals surface area contributed by atoms with Crippen LogP contribution in [0.5, 0.6) is 0 Å². The molecule has 1 rings (SSSR count). The van der Waals surface area contributed by atoms with Gasteiger partial charge < -0.3 is 9.64 Å². The lowest BCUT2D eigenvalue weighted by molar-refractivity contribution is 0.0613. The SMILES string of the molecule is CCC(C)N(CCOC)C(=O)c1cnc(C)cc1Cl. The van der Waals surface area contributed by atoms with Crippen LogP contribution in [0.1, 0.15) is 36.3 Å². The van der Waals surface area contributed by atoms with Gasteiger partial charge in [0.15, 0.2) is 0 Å². The number of carbonyl (C=O) groups excluding carboxylic acids is 1. The number of methoxy groups -OCH3 is 1. The first-order valence-electron chi connectivity index (χ1n) is 6.43. The zero-order valence-electron chi connectivity index (χ0n) is 11.9. The van der Waals surface area contributed by atoms with Crippen molar-refractivity contribution in [1.29, 1.82) is 0 Å². The third-order valence-electron chi connectivity index (χ3n) is 3.14. The van der Waals surface area contributed by atoms with Crippen molar-refractivity contribution in [3.63, 3.8) is 0 Å². The minimum Gasteiger partial charge on any atom is -0.383 e. The summed E-state index contributed by atoms with van der Waals surface area (Å²) in [6.07, 6.45) is 2.43. The number of pyridine rings is 1. The van der Waals surface area contributed by atoms with Crippen LogP contribution in [0.15, 0.2) is 12.3 Å². The van der Waals surface area contributed by atoms with E-state index in [0.717, 1.165) is 12.1 Å². The van der Waals surface area contributed by atoms with Gasteiger partial charge in [0.1, 0.15) is 0 Å². The minimum absolute atomic E-state index is 0.0936. The first-order chi connectivity index (χ1) is 9.01. The number of hydrogen-bond donors (Lipinski definition) is 0. The molecule has 5 heteroatoms. The first kappa shape index (κ1) is 15.9. The van der Waals surface area contributed by atoms with Crippen LogP contribution in [-0.2, 0) is 4.74 Å². The summed E-state index contributed by atoms with van der Waals surface area (Å²) in [4.78, 5) is 18.5. The van der Waals surface area contributed by atoms with Gasteiger partial charge in [-0.2, -0.15) is 0 Å². The normalized spacial score (nSPS) is 12.3. The lowest BCUT2D eigenvalue weighted by atomic mass is 10.1. The molecule has 1 unspecified atom stereocenters. The first-order valence-corrected chi connectivity index (χ1v) is 6.81. The Balaban J connectivity index is 2.97. The average Bonchev–Trinajstić information content (AvgIpc) is 2.38. The molecule has 0 aliphatic heterocycles. The summed E-state index contributed by atoms with van der Waals surface area (Å²) in [6, 6.07) is 1.85. The van der Waals surface area contributed by atoms with Crippen molar-refractivity contribution >= 4 is 17.5 Å². The van der Waals surface area contributed by atoms with Crippen molar-refractivity contribution in [2.24, 2.45) is 0 Å². The summed E-state index contributed by atoms with van der Waals surface area (Å²) in [7, 11) is 1.62. The summed E-state index contributed by atoms with van der Waals surface area (Å²) < 4.78 is 5.06. The fourth-order valence-electron chi connectivity index (χ4n) is 1.77. The van der Waals surface area contributed by atoms with E-state index in [2.05, 4.69) is 4.98 Å². The lowest BCUT2D eigenvalue weighted by Crippen LogP contribution is -2.40. The number of amides is 1. The number of carbonyl (C=O) groups is 1. The molecule has 1 aromatic heterocycles. The van der Waals surface area contributed by atoms with E-state index in [9.17, 15) is 4.79 Å². The maximum Gasteiger partial charge on any atom is 0.257 e. The predicted molar refractivity (Wildman–Crippen MR) is 76.6 cm³/mol. The van der Waals surface area contributed by atoms with E-state index in [4.69, 9.17) is 16.3 Å². The highest BCUT2D eigenvalue weighted by Crippen LogP contribution is 2.19. The quantitative estimate of drug-likeness (QED) is 0.807. The number of rotatable bonds is 6. The van der Waals surface area contributed by atoms with Gasteiger partial charge in [-0.15, -0.1) is 0 Å². The Morgan fingerprint density at radius 1 is 1.58 bits per heavy atom.